The summed E-state index contributed by atoms with van der Waals surface area (Å²) >= 11 is 0. The highest BCUT2D eigenvalue weighted by Crippen LogP contribution is 2.38. The molecule has 0 atom stereocenters. The van der Waals surface area contributed by atoms with E-state index in [9.17, 15) is 9.59 Å². The second-order valence-electron chi connectivity index (χ2n) is 5.29. The van der Waals surface area contributed by atoms with Gasteiger partial charge in [-0.15, -0.1) is 0 Å². The summed E-state index contributed by atoms with van der Waals surface area (Å²) in [6.07, 6.45) is 2.87. The zero-order chi connectivity index (χ0) is 19.1. The second kappa shape index (κ2) is 8.71. The van der Waals surface area contributed by atoms with E-state index in [4.69, 9.17) is 18.9 Å². The molecule has 0 saturated carbocycles. The third-order valence-electron chi connectivity index (χ3n) is 3.58. The van der Waals surface area contributed by atoms with Gasteiger partial charge in [0.25, 0.3) is 0 Å². The Balaban J connectivity index is 2.13. The van der Waals surface area contributed by atoms with E-state index in [1.54, 1.807) is 42.5 Å². The normalized spacial score (nSPS) is 10.5. The van der Waals surface area contributed by atoms with Crippen molar-refractivity contribution >= 4 is 17.8 Å². The van der Waals surface area contributed by atoms with E-state index in [2.05, 4.69) is 0 Å². The molecule has 2 aromatic rings. The first kappa shape index (κ1) is 19.1. The van der Waals surface area contributed by atoms with E-state index in [1.807, 2.05) is 0 Å². The van der Waals surface area contributed by atoms with Gasteiger partial charge in [0.15, 0.2) is 17.3 Å². The average Bonchev–Trinajstić information content (AvgIpc) is 2.65. The minimum Gasteiger partial charge on any atom is -0.493 e. The Bertz CT molecular complexity index is 796. The Hall–Kier alpha value is -3.28. The fourth-order valence-corrected chi connectivity index (χ4v) is 2.27. The first-order chi connectivity index (χ1) is 12.5. The van der Waals surface area contributed by atoms with E-state index in [0.717, 1.165) is 0 Å². The van der Waals surface area contributed by atoms with Crippen molar-refractivity contribution in [2.45, 2.75) is 6.92 Å². The lowest BCUT2D eigenvalue weighted by atomic mass is 10.1. The molecule has 0 spiro atoms. The zero-order valence-electron chi connectivity index (χ0n) is 15.1. The monoisotopic (exact) mass is 356 g/mol. The second-order valence-corrected chi connectivity index (χ2v) is 5.29. The van der Waals surface area contributed by atoms with Gasteiger partial charge in [0.1, 0.15) is 5.75 Å². The van der Waals surface area contributed by atoms with Gasteiger partial charge in [-0.2, -0.15) is 0 Å². The van der Waals surface area contributed by atoms with Crippen molar-refractivity contribution in [2.24, 2.45) is 0 Å². The molecule has 2 rings (SSSR count). The summed E-state index contributed by atoms with van der Waals surface area (Å²) in [6.45, 7) is 1.47. The van der Waals surface area contributed by atoms with E-state index in [1.165, 1.54) is 34.3 Å². The quantitative estimate of drug-likeness (QED) is 0.327. The molecular weight excluding hydrogens is 336 g/mol. The molecule has 0 aliphatic carbocycles. The number of rotatable bonds is 7. The van der Waals surface area contributed by atoms with Gasteiger partial charge in [-0.3, -0.25) is 4.79 Å². The van der Waals surface area contributed by atoms with Crippen molar-refractivity contribution in [2.75, 3.05) is 21.3 Å². The number of carbonyl (C=O) groups is 2. The summed E-state index contributed by atoms with van der Waals surface area (Å²) in [5.41, 5.74) is 1.24. The van der Waals surface area contributed by atoms with Crippen LogP contribution in [0.1, 0.15) is 22.8 Å². The number of ether oxygens (including phenoxy) is 4. The lowest BCUT2D eigenvalue weighted by Crippen LogP contribution is -2.04. The predicted octanol–water partition coefficient (Wildman–Crippen LogP) is 3.53. The first-order valence-electron chi connectivity index (χ1n) is 7.79. The highest BCUT2D eigenvalue weighted by molar-refractivity contribution is 5.94. The molecule has 0 amide bonds. The molecule has 0 heterocycles. The van der Waals surface area contributed by atoms with Crippen LogP contribution in [0.5, 0.6) is 23.0 Å². The molecule has 136 valence electrons. The predicted molar refractivity (Wildman–Crippen MR) is 97.2 cm³/mol. The van der Waals surface area contributed by atoms with Crippen LogP contribution in [-0.4, -0.2) is 33.1 Å². The first-order valence-corrected chi connectivity index (χ1v) is 7.79. The molecule has 6 heteroatoms. The van der Waals surface area contributed by atoms with Gasteiger partial charge in [0.05, 0.1) is 21.3 Å². The summed E-state index contributed by atoms with van der Waals surface area (Å²) in [7, 11) is 4.55. The molecule has 0 aromatic heterocycles. The van der Waals surface area contributed by atoms with Gasteiger partial charge < -0.3 is 18.9 Å². The molecule has 2 aromatic carbocycles. The summed E-state index contributed by atoms with van der Waals surface area (Å²) in [6, 6.07) is 9.78. The number of hydrogen-bond donors (Lipinski definition) is 0. The Kier molecular flexibility index (Phi) is 6.38. The maximum absolute atomic E-state index is 12.0. The number of hydrogen-bond acceptors (Lipinski definition) is 6. The van der Waals surface area contributed by atoms with Crippen LogP contribution in [0, 0.1) is 0 Å². The molecule has 0 fully saturated rings. The van der Waals surface area contributed by atoms with Crippen molar-refractivity contribution in [3.63, 3.8) is 0 Å². The minimum atomic E-state index is -0.547. The molecule has 0 bridgehead atoms. The Labute approximate surface area is 151 Å². The van der Waals surface area contributed by atoms with E-state index < -0.39 is 5.97 Å². The maximum atomic E-state index is 12.0. The third-order valence-corrected chi connectivity index (χ3v) is 3.58. The van der Waals surface area contributed by atoms with Crippen LogP contribution >= 0.6 is 0 Å². The Morgan fingerprint density at radius 2 is 1.46 bits per heavy atom. The Morgan fingerprint density at radius 3 is 1.92 bits per heavy atom. The lowest BCUT2D eigenvalue weighted by Gasteiger charge is -2.12. The third kappa shape index (κ3) is 4.63. The number of esters is 1. The summed E-state index contributed by atoms with van der Waals surface area (Å²) in [5.74, 6) is 1.20. The number of methoxy groups -OCH3 is 3. The number of carbonyl (C=O) groups excluding carboxylic acids is 2. The van der Waals surface area contributed by atoms with Gasteiger partial charge in [0.2, 0.25) is 5.75 Å². The van der Waals surface area contributed by atoms with E-state index in [-0.39, 0.29) is 5.78 Å². The Morgan fingerprint density at radius 1 is 0.885 bits per heavy atom. The van der Waals surface area contributed by atoms with Crippen LogP contribution in [-0.2, 0) is 4.79 Å². The van der Waals surface area contributed by atoms with Gasteiger partial charge in [-0.25, -0.2) is 4.79 Å². The van der Waals surface area contributed by atoms with Gasteiger partial charge in [-0.05, 0) is 55.0 Å². The van der Waals surface area contributed by atoms with Crippen LogP contribution in [0.15, 0.2) is 42.5 Å². The molecule has 0 N–H and O–H groups in total. The van der Waals surface area contributed by atoms with Crippen molar-refractivity contribution in [3.8, 4) is 23.0 Å². The summed E-state index contributed by atoms with van der Waals surface area (Å²) in [5, 5.41) is 0. The van der Waals surface area contributed by atoms with Crippen LogP contribution in [0.4, 0.5) is 0 Å². The van der Waals surface area contributed by atoms with E-state index in [0.29, 0.717) is 34.1 Å². The SMILES string of the molecule is COc1cc(/C=C/C(=O)Oc2ccc(C(C)=O)cc2)cc(OC)c1OC. The smallest absolute Gasteiger partial charge is 0.336 e. The van der Waals surface area contributed by atoms with Crippen molar-refractivity contribution < 1.29 is 28.5 Å². The molecular formula is C20H20O6. The van der Waals surface area contributed by atoms with Gasteiger partial charge in [-0.1, -0.05) is 0 Å². The van der Waals surface area contributed by atoms with E-state index >= 15 is 0 Å². The number of benzene rings is 2. The minimum absolute atomic E-state index is 0.0508. The van der Waals surface area contributed by atoms with Crippen molar-refractivity contribution in [1.82, 2.24) is 0 Å². The largest absolute Gasteiger partial charge is 0.493 e. The molecule has 26 heavy (non-hydrogen) atoms. The topological polar surface area (TPSA) is 71.1 Å². The maximum Gasteiger partial charge on any atom is 0.336 e. The fraction of sp³-hybridized carbons (Fsp3) is 0.200. The van der Waals surface area contributed by atoms with Gasteiger partial charge >= 0.3 is 5.97 Å². The number of Topliss-reactive ketones (excluding diaryl/α,β-unsaturated/α-hetero) is 1. The van der Waals surface area contributed by atoms with Crippen molar-refractivity contribution in [1.29, 1.82) is 0 Å². The molecule has 0 unspecified atom stereocenters. The molecule has 6 nitrogen and oxygen atoms in total. The van der Waals surface area contributed by atoms with Crippen LogP contribution in [0.25, 0.3) is 6.08 Å². The summed E-state index contributed by atoms with van der Waals surface area (Å²) in [4.78, 5) is 23.2. The molecule has 0 aliphatic heterocycles. The van der Waals surface area contributed by atoms with Crippen LogP contribution in [0.2, 0.25) is 0 Å². The molecule has 0 aliphatic rings. The van der Waals surface area contributed by atoms with Crippen LogP contribution < -0.4 is 18.9 Å². The number of ketones is 1. The van der Waals surface area contributed by atoms with Gasteiger partial charge in [0, 0.05) is 11.6 Å². The summed E-state index contributed by atoms with van der Waals surface area (Å²) < 4.78 is 21.0. The van der Waals surface area contributed by atoms with Crippen molar-refractivity contribution in [3.05, 3.63) is 53.6 Å². The molecule has 0 saturated heterocycles. The average molecular weight is 356 g/mol. The lowest BCUT2D eigenvalue weighted by molar-refractivity contribution is -0.128. The highest BCUT2D eigenvalue weighted by atomic mass is 16.5. The standard InChI is InChI=1S/C20H20O6/c1-13(21)15-6-8-16(9-7-15)26-19(22)10-5-14-11-17(23-2)20(25-4)18(12-14)24-3/h5-12H,1-4H3/b10-5+. The highest BCUT2D eigenvalue weighted by Gasteiger charge is 2.12. The molecule has 0 radical (unpaired) electrons. The fourth-order valence-electron chi connectivity index (χ4n) is 2.27. The van der Waals surface area contributed by atoms with Crippen LogP contribution in [0.3, 0.4) is 0 Å². The zero-order valence-corrected chi connectivity index (χ0v) is 15.1.